The van der Waals surface area contributed by atoms with Crippen LogP contribution in [0.1, 0.15) is 17.2 Å². The molecule has 1 unspecified atom stereocenters. The summed E-state index contributed by atoms with van der Waals surface area (Å²) in [6.45, 7) is 5.91. The van der Waals surface area contributed by atoms with E-state index in [9.17, 15) is 19.2 Å². The molecule has 5 N–H and O–H groups in total. The van der Waals surface area contributed by atoms with E-state index in [1.54, 1.807) is 12.4 Å². The van der Waals surface area contributed by atoms with Crippen LogP contribution in [0.15, 0.2) is 97.4 Å². The number of carboxylic acid groups (broad SMARTS) is 4. The monoisotopic (exact) mass is 639 g/mol. The number of piperazine rings is 1. The molecular formula is C31H34ClN5O8. The molecule has 13 nitrogen and oxygen atoms in total. The van der Waals surface area contributed by atoms with Crippen LogP contribution in [0.4, 0.5) is 5.95 Å². The van der Waals surface area contributed by atoms with Gasteiger partial charge in [-0.15, -0.1) is 0 Å². The Morgan fingerprint density at radius 3 is 1.64 bits per heavy atom. The highest BCUT2D eigenvalue weighted by Gasteiger charge is 2.19. The molecule has 14 heteroatoms. The van der Waals surface area contributed by atoms with E-state index in [-0.39, 0.29) is 6.04 Å². The van der Waals surface area contributed by atoms with Gasteiger partial charge < -0.3 is 30.6 Å². The van der Waals surface area contributed by atoms with Crippen molar-refractivity contribution in [3.05, 3.63) is 114 Å². The van der Waals surface area contributed by atoms with E-state index in [2.05, 4.69) is 67.5 Å². The van der Waals surface area contributed by atoms with Gasteiger partial charge in [-0.2, -0.15) is 0 Å². The first-order valence-corrected chi connectivity index (χ1v) is 14.0. The third-order valence-electron chi connectivity index (χ3n) is 6.06. The van der Waals surface area contributed by atoms with E-state index in [4.69, 9.17) is 32.0 Å². The van der Waals surface area contributed by atoms with Gasteiger partial charge in [-0.25, -0.2) is 29.1 Å². The lowest BCUT2D eigenvalue weighted by Crippen LogP contribution is -2.48. The molecule has 0 radical (unpaired) electrons. The van der Waals surface area contributed by atoms with Crippen molar-refractivity contribution in [2.45, 2.75) is 6.04 Å². The number of rotatable bonds is 11. The van der Waals surface area contributed by atoms with Crippen molar-refractivity contribution < 1.29 is 39.6 Å². The Bertz CT molecular complexity index is 1350. The summed E-state index contributed by atoms with van der Waals surface area (Å²) in [5.41, 5.74) is 2.49. The number of anilines is 1. The lowest BCUT2D eigenvalue weighted by Gasteiger charge is -2.35. The van der Waals surface area contributed by atoms with Crippen molar-refractivity contribution in [3.8, 4) is 0 Å². The van der Waals surface area contributed by atoms with E-state index in [1.165, 1.54) is 11.1 Å². The van der Waals surface area contributed by atoms with E-state index in [0.29, 0.717) is 24.3 Å². The topological polar surface area (TPSA) is 193 Å². The number of hydrogen-bond donors (Lipinski definition) is 5. The van der Waals surface area contributed by atoms with Gasteiger partial charge >= 0.3 is 23.9 Å². The first-order valence-electron chi connectivity index (χ1n) is 13.6. The lowest BCUT2D eigenvalue weighted by molar-refractivity contribution is -0.134. The molecule has 2 heterocycles. The van der Waals surface area contributed by atoms with Crippen molar-refractivity contribution in [1.82, 2.24) is 20.2 Å². The highest BCUT2D eigenvalue weighted by Crippen LogP contribution is 2.23. The molecule has 0 bridgehead atoms. The standard InChI is InChI=1S/C23H26ClN5.2C4H4O4/c24-21-9-7-20(8-10-21)22(19-5-2-1-3-6-19)25-13-14-28-15-17-29(18-16-28)23-26-11-4-12-27-23;2*5-3(6)1-2-4(7)8/h1-12,22,25H,13-18H2;2*1-2H,(H,5,6)(H,7,8)/b;2*2-1-. The molecule has 3 aromatic rings. The van der Waals surface area contributed by atoms with Gasteiger partial charge in [-0.3, -0.25) is 4.90 Å². The fraction of sp³-hybridized carbons (Fsp3) is 0.226. The number of carbonyl (C=O) groups is 4. The average molecular weight is 640 g/mol. The molecule has 1 fully saturated rings. The molecule has 1 aliphatic rings. The summed E-state index contributed by atoms with van der Waals surface area (Å²) in [6.07, 6.45) is 5.84. The molecule has 0 spiro atoms. The summed E-state index contributed by atoms with van der Waals surface area (Å²) in [5, 5.41) is 35.8. The second kappa shape index (κ2) is 20.0. The van der Waals surface area contributed by atoms with Crippen LogP contribution in [0.25, 0.3) is 0 Å². The molecule has 0 aliphatic carbocycles. The third kappa shape index (κ3) is 15.3. The van der Waals surface area contributed by atoms with E-state index >= 15 is 0 Å². The molecular weight excluding hydrogens is 606 g/mol. The lowest BCUT2D eigenvalue weighted by atomic mass is 9.99. The highest BCUT2D eigenvalue weighted by molar-refractivity contribution is 6.30. The van der Waals surface area contributed by atoms with E-state index < -0.39 is 23.9 Å². The van der Waals surface area contributed by atoms with Crippen LogP contribution in [-0.2, 0) is 19.2 Å². The zero-order valence-electron chi connectivity index (χ0n) is 24.1. The zero-order chi connectivity index (χ0) is 33.0. The highest BCUT2D eigenvalue weighted by atomic mass is 35.5. The number of benzene rings is 2. The number of aliphatic carboxylic acids is 4. The molecule has 4 rings (SSSR count). The van der Waals surface area contributed by atoms with Crippen molar-refractivity contribution in [2.75, 3.05) is 44.2 Å². The Morgan fingerprint density at radius 1 is 0.711 bits per heavy atom. The summed E-state index contributed by atoms with van der Waals surface area (Å²) in [7, 11) is 0. The second-order valence-corrected chi connectivity index (χ2v) is 9.68. The van der Waals surface area contributed by atoms with Crippen molar-refractivity contribution in [3.63, 3.8) is 0 Å². The van der Waals surface area contributed by atoms with Crippen LogP contribution in [-0.4, -0.2) is 98.4 Å². The van der Waals surface area contributed by atoms with Crippen LogP contribution >= 0.6 is 11.6 Å². The molecule has 1 atom stereocenters. The van der Waals surface area contributed by atoms with Gasteiger partial charge in [-0.05, 0) is 29.3 Å². The normalized spacial score (nSPS) is 13.7. The summed E-state index contributed by atoms with van der Waals surface area (Å²) in [6, 6.07) is 20.7. The Kier molecular flexibility index (Phi) is 16.0. The number of nitrogens with one attached hydrogen (secondary N) is 1. The van der Waals surface area contributed by atoms with Crippen LogP contribution in [0.2, 0.25) is 5.02 Å². The van der Waals surface area contributed by atoms with Crippen molar-refractivity contribution in [2.24, 2.45) is 0 Å². The van der Waals surface area contributed by atoms with Gasteiger partial charge in [0.2, 0.25) is 5.95 Å². The minimum absolute atomic E-state index is 0.160. The third-order valence-corrected chi connectivity index (χ3v) is 6.31. The smallest absolute Gasteiger partial charge is 0.328 e. The molecule has 0 amide bonds. The molecule has 1 aromatic heterocycles. The number of aromatic nitrogens is 2. The van der Waals surface area contributed by atoms with Gasteiger partial charge in [0.25, 0.3) is 0 Å². The first kappa shape index (κ1) is 36.1. The zero-order valence-corrected chi connectivity index (χ0v) is 24.9. The Balaban J connectivity index is 0.000000365. The Hall–Kier alpha value is -5.11. The van der Waals surface area contributed by atoms with Gasteiger partial charge in [0.05, 0.1) is 6.04 Å². The van der Waals surface area contributed by atoms with Crippen molar-refractivity contribution >= 4 is 41.4 Å². The number of halogens is 1. The van der Waals surface area contributed by atoms with Crippen molar-refractivity contribution in [1.29, 1.82) is 0 Å². The summed E-state index contributed by atoms with van der Waals surface area (Å²) in [4.78, 5) is 51.7. The van der Waals surface area contributed by atoms with Crippen LogP contribution in [0, 0.1) is 0 Å². The van der Waals surface area contributed by atoms with Gasteiger partial charge in [0.1, 0.15) is 0 Å². The Morgan fingerprint density at radius 2 is 1.18 bits per heavy atom. The maximum atomic E-state index is 9.55. The largest absolute Gasteiger partial charge is 0.478 e. The average Bonchev–Trinajstić information content (AvgIpc) is 3.03. The van der Waals surface area contributed by atoms with E-state index in [0.717, 1.165) is 50.2 Å². The van der Waals surface area contributed by atoms with Gasteiger partial charge in [-0.1, -0.05) is 54.1 Å². The quantitative estimate of drug-likeness (QED) is 0.192. The summed E-state index contributed by atoms with van der Waals surface area (Å²) in [5.74, 6) is -4.20. The SMILES string of the molecule is Clc1ccc(C(NCCN2CCN(c3ncccn3)CC2)c2ccccc2)cc1.O=C(O)/C=C\C(=O)O.O=C(O)/C=C\C(=O)O. The second-order valence-electron chi connectivity index (χ2n) is 9.25. The number of nitrogens with zero attached hydrogens (tertiary/aromatic N) is 4. The van der Waals surface area contributed by atoms with E-state index in [1.807, 2.05) is 18.2 Å². The van der Waals surface area contributed by atoms with Crippen LogP contribution in [0.5, 0.6) is 0 Å². The first-order chi connectivity index (χ1) is 21.5. The van der Waals surface area contributed by atoms with Gasteiger partial charge in [0, 0.05) is 81.0 Å². The molecule has 1 saturated heterocycles. The maximum Gasteiger partial charge on any atom is 0.328 e. The fourth-order valence-electron chi connectivity index (χ4n) is 4.01. The Labute approximate surface area is 264 Å². The van der Waals surface area contributed by atoms with Crippen LogP contribution in [0.3, 0.4) is 0 Å². The van der Waals surface area contributed by atoms with Crippen LogP contribution < -0.4 is 10.2 Å². The minimum atomic E-state index is -1.26. The molecule has 2 aromatic carbocycles. The maximum absolute atomic E-state index is 9.55. The molecule has 238 valence electrons. The summed E-state index contributed by atoms with van der Waals surface area (Å²) < 4.78 is 0. The molecule has 45 heavy (non-hydrogen) atoms. The number of carboxylic acids is 4. The molecule has 1 aliphatic heterocycles. The fourth-order valence-corrected chi connectivity index (χ4v) is 4.13. The predicted octanol–water partition coefficient (Wildman–Crippen LogP) is 3.05. The minimum Gasteiger partial charge on any atom is -0.478 e. The summed E-state index contributed by atoms with van der Waals surface area (Å²) >= 11 is 6.08. The molecule has 0 saturated carbocycles. The number of hydrogen-bond acceptors (Lipinski definition) is 9. The predicted molar refractivity (Wildman–Crippen MR) is 167 cm³/mol. The van der Waals surface area contributed by atoms with Gasteiger partial charge in [0.15, 0.2) is 0 Å².